The molecule has 2 aromatic heterocycles. The topological polar surface area (TPSA) is 87.5 Å². The summed E-state index contributed by atoms with van der Waals surface area (Å²) in [5, 5.41) is 27.3. The van der Waals surface area contributed by atoms with E-state index in [1.165, 1.54) is 0 Å². The van der Waals surface area contributed by atoms with Crippen molar-refractivity contribution < 1.29 is 9.84 Å². The van der Waals surface area contributed by atoms with Gasteiger partial charge in [-0.15, -0.1) is 15.3 Å². The van der Waals surface area contributed by atoms with Crippen LogP contribution in [0.2, 0.25) is 0 Å². The standard InChI is InChI=1S/C24H30N6O2/c1-24(2,3)29(4)18-10-11-30(15-18)22-9-8-20(26-27-22)19-7-6-16(12-21(19)31)17-13-23(32-5)28-25-14-17/h6-9,12-14,18,31H,10-11,15H2,1-5H3. The number of ether oxygens (including phenoxy) is 1. The maximum absolute atomic E-state index is 10.6. The van der Waals surface area contributed by atoms with E-state index in [1.54, 1.807) is 25.4 Å². The van der Waals surface area contributed by atoms with Gasteiger partial charge in [-0.05, 0) is 64.1 Å². The third-order valence-electron chi connectivity index (χ3n) is 6.19. The Morgan fingerprint density at radius 3 is 2.53 bits per heavy atom. The molecule has 32 heavy (non-hydrogen) atoms. The summed E-state index contributed by atoms with van der Waals surface area (Å²) in [7, 11) is 3.73. The van der Waals surface area contributed by atoms with Crippen LogP contribution in [0, 0.1) is 0 Å². The minimum Gasteiger partial charge on any atom is -0.507 e. The van der Waals surface area contributed by atoms with E-state index in [4.69, 9.17) is 4.74 Å². The Bertz CT molecular complexity index is 1080. The number of likely N-dealkylation sites (N-methyl/N-ethyl adjacent to an activating group) is 1. The highest BCUT2D eigenvalue weighted by Crippen LogP contribution is 2.33. The zero-order chi connectivity index (χ0) is 22.9. The van der Waals surface area contributed by atoms with Gasteiger partial charge in [-0.1, -0.05) is 6.07 Å². The lowest BCUT2D eigenvalue weighted by Gasteiger charge is -2.36. The number of aromatic hydroxyl groups is 1. The highest BCUT2D eigenvalue weighted by Gasteiger charge is 2.31. The van der Waals surface area contributed by atoms with E-state index < -0.39 is 0 Å². The average Bonchev–Trinajstić information content (AvgIpc) is 3.28. The van der Waals surface area contributed by atoms with E-state index in [2.05, 4.69) is 58.0 Å². The van der Waals surface area contributed by atoms with Crippen LogP contribution in [-0.2, 0) is 0 Å². The minimum absolute atomic E-state index is 0.133. The number of methoxy groups -OCH3 is 1. The number of aromatic nitrogens is 4. The number of benzene rings is 1. The van der Waals surface area contributed by atoms with Gasteiger partial charge in [0.1, 0.15) is 5.75 Å². The van der Waals surface area contributed by atoms with Gasteiger partial charge in [0.2, 0.25) is 5.88 Å². The Labute approximate surface area is 188 Å². The molecule has 0 bridgehead atoms. The zero-order valence-electron chi connectivity index (χ0n) is 19.3. The van der Waals surface area contributed by atoms with Crippen molar-refractivity contribution in [2.45, 2.75) is 38.8 Å². The van der Waals surface area contributed by atoms with Crippen LogP contribution >= 0.6 is 0 Å². The first-order valence-corrected chi connectivity index (χ1v) is 10.8. The minimum atomic E-state index is 0.133. The molecule has 3 aromatic rings. The predicted molar refractivity (Wildman–Crippen MR) is 125 cm³/mol. The molecule has 3 heterocycles. The van der Waals surface area contributed by atoms with Gasteiger partial charge < -0.3 is 14.7 Å². The van der Waals surface area contributed by atoms with Crippen molar-refractivity contribution in [1.29, 1.82) is 0 Å². The molecule has 1 aromatic carbocycles. The van der Waals surface area contributed by atoms with Gasteiger partial charge in [0.25, 0.3) is 0 Å². The van der Waals surface area contributed by atoms with Crippen LogP contribution in [0.15, 0.2) is 42.6 Å². The molecule has 1 unspecified atom stereocenters. The van der Waals surface area contributed by atoms with E-state index in [-0.39, 0.29) is 11.3 Å². The van der Waals surface area contributed by atoms with Crippen LogP contribution in [0.3, 0.4) is 0 Å². The highest BCUT2D eigenvalue weighted by atomic mass is 16.5. The van der Waals surface area contributed by atoms with E-state index in [0.717, 1.165) is 36.5 Å². The number of rotatable bonds is 5. The molecule has 1 saturated heterocycles. The number of nitrogens with zero attached hydrogens (tertiary/aromatic N) is 6. The molecule has 8 heteroatoms. The Balaban J connectivity index is 1.50. The van der Waals surface area contributed by atoms with Crippen LogP contribution in [-0.4, -0.2) is 69.2 Å². The molecular weight excluding hydrogens is 404 g/mol. The van der Waals surface area contributed by atoms with Gasteiger partial charge in [0.15, 0.2) is 5.82 Å². The molecule has 1 N–H and O–H groups in total. The smallest absolute Gasteiger partial charge is 0.233 e. The normalized spacial score (nSPS) is 16.6. The highest BCUT2D eigenvalue weighted by molar-refractivity contribution is 5.74. The van der Waals surface area contributed by atoms with Gasteiger partial charge in [-0.3, -0.25) is 4.90 Å². The molecule has 0 amide bonds. The van der Waals surface area contributed by atoms with Crippen molar-refractivity contribution in [2.24, 2.45) is 0 Å². The first kappa shape index (κ1) is 22.0. The number of anilines is 1. The fourth-order valence-electron chi connectivity index (χ4n) is 3.98. The molecule has 1 atom stereocenters. The summed E-state index contributed by atoms with van der Waals surface area (Å²) in [5.74, 6) is 1.42. The van der Waals surface area contributed by atoms with Crippen molar-refractivity contribution >= 4 is 5.82 Å². The maximum Gasteiger partial charge on any atom is 0.233 e. The summed E-state index contributed by atoms with van der Waals surface area (Å²) in [4.78, 5) is 4.71. The van der Waals surface area contributed by atoms with Crippen LogP contribution in [0.25, 0.3) is 22.4 Å². The Hall–Kier alpha value is -3.26. The van der Waals surface area contributed by atoms with E-state index in [0.29, 0.717) is 23.2 Å². The Morgan fingerprint density at radius 2 is 1.88 bits per heavy atom. The lowest BCUT2D eigenvalue weighted by molar-refractivity contribution is 0.127. The predicted octanol–water partition coefficient (Wildman–Crippen LogP) is 3.62. The van der Waals surface area contributed by atoms with Crippen molar-refractivity contribution in [3.05, 3.63) is 42.6 Å². The first-order chi connectivity index (χ1) is 15.3. The third-order valence-corrected chi connectivity index (χ3v) is 6.19. The average molecular weight is 435 g/mol. The fourth-order valence-corrected chi connectivity index (χ4v) is 3.98. The summed E-state index contributed by atoms with van der Waals surface area (Å²) >= 11 is 0. The van der Waals surface area contributed by atoms with Crippen LogP contribution in [0.4, 0.5) is 5.82 Å². The van der Waals surface area contributed by atoms with Gasteiger partial charge in [0.05, 0.1) is 19.0 Å². The summed E-state index contributed by atoms with van der Waals surface area (Å²) in [6, 6.07) is 11.6. The number of phenolic OH excluding ortho intramolecular Hbond substituents is 1. The summed E-state index contributed by atoms with van der Waals surface area (Å²) < 4.78 is 5.13. The molecule has 0 spiro atoms. The number of hydrogen-bond donors (Lipinski definition) is 1. The molecule has 1 aliphatic rings. The second-order valence-electron chi connectivity index (χ2n) is 9.17. The SMILES string of the molecule is COc1cc(-c2ccc(-c3ccc(N4CCC(N(C)C(C)(C)C)C4)nn3)c(O)c2)cnn1. The van der Waals surface area contributed by atoms with Crippen LogP contribution < -0.4 is 9.64 Å². The maximum atomic E-state index is 10.6. The largest absolute Gasteiger partial charge is 0.507 e. The summed E-state index contributed by atoms with van der Waals surface area (Å²) in [5.41, 5.74) is 3.02. The quantitative estimate of drug-likeness (QED) is 0.651. The second-order valence-corrected chi connectivity index (χ2v) is 9.17. The molecule has 1 fully saturated rings. The third kappa shape index (κ3) is 4.50. The van der Waals surface area contributed by atoms with Crippen molar-refractivity contribution in [3.8, 4) is 34.0 Å². The molecule has 4 rings (SSSR count). The summed E-state index contributed by atoms with van der Waals surface area (Å²) in [6.45, 7) is 8.62. The zero-order valence-corrected chi connectivity index (χ0v) is 19.3. The second kappa shape index (κ2) is 8.70. The lowest BCUT2D eigenvalue weighted by atomic mass is 10.0. The molecule has 0 saturated carbocycles. The van der Waals surface area contributed by atoms with E-state index >= 15 is 0 Å². The number of phenols is 1. The molecule has 1 aliphatic heterocycles. The summed E-state index contributed by atoms with van der Waals surface area (Å²) in [6.07, 6.45) is 2.74. The number of hydrogen-bond acceptors (Lipinski definition) is 8. The fraction of sp³-hybridized carbons (Fsp3) is 0.417. The van der Waals surface area contributed by atoms with Gasteiger partial charge in [-0.25, -0.2) is 0 Å². The van der Waals surface area contributed by atoms with Crippen molar-refractivity contribution in [2.75, 3.05) is 32.1 Å². The first-order valence-electron chi connectivity index (χ1n) is 10.8. The molecule has 0 aliphatic carbocycles. The van der Waals surface area contributed by atoms with Gasteiger partial charge >= 0.3 is 0 Å². The Kier molecular flexibility index (Phi) is 5.97. The van der Waals surface area contributed by atoms with Crippen LogP contribution in [0.1, 0.15) is 27.2 Å². The van der Waals surface area contributed by atoms with Crippen molar-refractivity contribution in [1.82, 2.24) is 25.3 Å². The van der Waals surface area contributed by atoms with E-state index in [1.807, 2.05) is 24.3 Å². The van der Waals surface area contributed by atoms with Gasteiger partial charge in [-0.2, -0.15) is 5.10 Å². The monoisotopic (exact) mass is 434 g/mol. The molecule has 168 valence electrons. The Morgan fingerprint density at radius 1 is 1.06 bits per heavy atom. The van der Waals surface area contributed by atoms with E-state index in [9.17, 15) is 5.11 Å². The lowest BCUT2D eigenvalue weighted by Crippen LogP contribution is -2.46. The molecule has 0 radical (unpaired) electrons. The molecule has 8 nitrogen and oxygen atoms in total. The molecular formula is C24H30N6O2. The van der Waals surface area contributed by atoms with Crippen LogP contribution in [0.5, 0.6) is 11.6 Å². The van der Waals surface area contributed by atoms with Crippen molar-refractivity contribution in [3.63, 3.8) is 0 Å². The van der Waals surface area contributed by atoms with Gasteiger partial charge in [0, 0.05) is 41.9 Å².